The van der Waals surface area contributed by atoms with Crippen molar-refractivity contribution in [2.75, 3.05) is 6.54 Å². The standard InChI is InChI=1S/C16H22FNO3/c1-3-16(4-2,15(20)21)11-14(19)18-10-9-12-7-5-6-8-13(12)17/h5-8H,3-4,9-11H2,1-2H3,(H,18,19)(H,20,21). The molecule has 0 fully saturated rings. The van der Waals surface area contributed by atoms with Gasteiger partial charge < -0.3 is 10.4 Å². The molecule has 0 heterocycles. The zero-order chi connectivity index (χ0) is 15.9. The maximum absolute atomic E-state index is 13.4. The van der Waals surface area contributed by atoms with Crippen LogP contribution in [0.3, 0.4) is 0 Å². The maximum atomic E-state index is 13.4. The largest absolute Gasteiger partial charge is 0.481 e. The van der Waals surface area contributed by atoms with E-state index in [0.717, 1.165) is 0 Å². The summed E-state index contributed by atoms with van der Waals surface area (Å²) in [4.78, 5) is 23.2. The molecule has 1 rings (SSSR count). The van der Waals surface area contributed by atoms with E-state index in [1.54, 1.807) is 32.0 Å². The fourth-order valence-corrected chi connectivity index (χ4v) is 2.29. The molecule has 0 radical (unpaired) electrons. The Morgan fingerprint density at radius 3 is 2.38 bits per heavy atom. The van der Waals surface area contributed by atoms with Gasteiger partial charge in [0.05, 0.1) is 5.41 Å². The highest BCUT2D eigenvalue weighted by molar-refractivity contribution is 5.84. The third kappa shape index (κ3) is 4.55. The van der Waals surface area contributed by atoms with Gasteiger partial charge in [-0.05, 0) is 30.9 Å². The van der Waals surface area contributed by atoms with Crippen molar-refractivity contribution >= 4 is 11.9 Å². The van der Waals surface area contributed by atoms with E-state index in [-0.39, 0.29) is 18.1 Å². The first-order valence-corrected chi connectivity index (χ1v) is 7.18. The summed E-state index contributed by atoms with van der Waals surface area (Å²) in [5.74, 6) is -1.55. The fraction of sp³-hybridized carbons (Fsp3) is 0.500. The van der Waals surface area contributed by atoms with Crippen molar-refractivity contribution < 1.29 is 19.1 Å². The predicted octanol–water partition coefficient (Wildman–Crippen LogP) is 2.77. The molecule has 0 aromatic heterocycles. The summed E-state index contributed by atoms with van der Waals surface area (Å²) >= 11 is 0. The van der Waals surface area contributed by atoms with Crippen LogP contribution in [0.5, 0.6) is 0 Å². The second-order valence-corrected chi connectivity index (χ2v) is 5.16. The normalized spacial score (nSPS) is 11.2. The number of benzene rings is 1. The van der Waals surface area contributed by atoms with Crippen molar-refractivity contribution in [3.8, 4) is 0 Å². The van der Waals surface area contributed by atoms with Gasteiger partial charge >= 0.3 is 5.97 Å². The smallest absolute Gasteiger partial charge is 0.310 e. The maximum Gasteiger partial charge on any atom is 0.310 e. The number of carboxylic acid groups (broad SMARTS) is 1. The highest BCUT2D eigenvalue weighted by Crippen LogP contribution is 2.30. The van der Waals surface area contributed by atoms with E-state index in [2.05, 4.69) is 5.32 Å². The lowest BCUT2D eigenvalue weighted by molar-refractivity contribution is -0.152. The molecule has 0 aliphatic rings. The van der Waals surface area contributed by atoms with E-state index in [4.69, 9.17) is 0 Å². The Labute approximate surface area is 124 Å². The minimum Gasteiger partial charge on any atom is -0.481 e. The van der Waals surface area contributed by atoms with Crippen LogP contribution in [0.1, 0.15) is 38.7 Å². The zero-order valence-electron chi connectivity index (χ0n) is 12.5. The van der Waals surface area contributed by atoms with Gasteiger partial charge in [-0.25, -0.2) is 4.39 Å². The average molecular weight is 295 g/mol. The second-order valence-electron chi connectivity index (χ2n) is 5.16. The van der Waals surface area contributed by atoms with Crippen LogP contribution in [0.4, 0.5) is 4.39 Å². The van der Waals surface area contributed by atoms with Gasteiger partial charge in [-0.3, -0.25) is 9.59 Å². The number of rotatable bonds is 8. The topological polar surface area (TPSA) is 66.4 Å². The molecule has 1 amide bonds. The van der Waals surface area contributed by atoms with Crippen molar-refractivity contribution in [3.05, 3.63) is 35.6 Å². The molecular weight excluding hydrogens is 273 g/mol. The van der Waals surface area contributed by atoms with Gasteiger partial charge in [0.15, 0.2) is 0 Å². The summed E-state index contributed by atoms with van der Waals surface area (Å²) in [6.07, 6.45) is 1.14. The molecule has 1 aromatic rings. The van der Waals surface area contributed by atoms with Crippen LogP contribution in [0.2, 0.25) is 0 Å². The van der Waals surface area contributed by atoms with Gasteiger partial charge in [0.2, 0.25) is 5.91 Å². The molecule has 21 heavy (non-hydrogen) atoms. The summed E-state index contributed by atoms with van der Waals surface area (Å²) < 4.78 is 13.4. The first kappa shape index (κ1) is 17.1. The minimum absolute atomic E-state index is 0.0490. The molecule has 0 bridgehead atoms. The van der Waals surface area contributed by atoms with E-state index >= 15 is 0 Å². The lowest BCUT2D eigenvalue weighted by Gasteiger charge is -2.25. The molecule has 0 saturated carbocycles. The van der Waals surface area contributed by atoms with Crippen LogP contribution < -0.4 is 5.32 Å². The number of aliphatic carboxylic acids is 1. The Hall–Kier alpha value is -1.91. The summed E-state index contributed by atoms with van der Waals surface area (Å²) in [7, 11) is 0. The zero-order valence-corrected chi connectivity index (χ0v) is 12.5. The van der Waals surface area contributed by atoms with Crippen LogP contribution in [0, 0.1) is 11.2 Å². The Bertz CT molecular complexity index is 498. The number of hydrogen-bond donors (Lipinski definition) is 2. The molecule has 5 heteroatoms. The van der Waals surface area contributed by atoms with Gasteiger partial charge in [0.25, 0.3) is 0 Å². The first-order valence-electron chi connectivity index (χ1n) is 7.18. The van der Waals surface area contributed by atoms with E-state index < -0.39 is 11.4 Å². The molecule has 0 saturated heterocycles. The second kappa shape index (κ2) is 7.76. The SMILES string of the molecule is CCC(CC)(CC(=O)NCCc1ccccc1F)C(=O)O. The van der Waals surface area contributed by atoms with E-state index in [1.165, 1.54) is 6.07 Å². The van der Waals surface area contributed by atoms with Crippen LogP contribution in [-0.4, -0.2) is 23.5 Å². The third-order valence-corrected chi connectivity index (χ3v) is 3.98. The predicted molar refractivity (Wildman–Crippen MR) is 78.4 cm³/mol. The molecule has 0 aliphatic heterocycles. The Morgan fingerprint density at radius 1 is 1.24 bits per heavy atom. The van der Waals surface area contributed by atoms with Crippen molar-refractivity contribution in [3.63, 3.8) is 0 Å². The Kier molecular flexibility index (Phi) is 6.34. The van der Waals surface area contributed by atoms with E-state index in [9.17, 15) is 19.1 Å². The van der Waals surface area contributed by atoms with Crippen LogP contribution in [-0.2, 0) is 16.0 Å². The molecule has 2 N–H and O–H groups in total. The number of carboxylic acids is 1. The molecular formula is C16H22FNO3. The van der Waals surface area contributed by atoms with Gasteiger partial charge in [-0.1, -0.05) is 32.0 Å². The van der Waals surface area contributed by atoms with Gasteiger partial charge in [-0.2, -0.15) is 0 Å². The van der Waals surface area contributed by atoms with Crippen LogP contribution >= 0.6 is 0 Å². The molecule has 0 aliphatic carbocycles. The lowest BCUT2D eigenvalue weighted by atomic mass is 9.79. The molecule has 116 valence electrons. The minimum atomic E-state index is -1.01. The molecule has 4 nitrogen and oxygen atoms in total. The molecule has 0 spiro atoms. The Balaban J connectivity index is 2.51. The number of nitrogens with one attached hydrogen (secondary N) is 1. The lowest BCUT2D eigenvalue weighted by Crippen LogP contribution is -2.37. The quantitative estimate of drug-likeness (QED) is 0.775. The molecule has 1 aromatic carbocycles. The van der Waals surface area contributed by atoms with Crippen molar-refractivity contribution in [2.24, 2.45) is 5.41 Å². The van der Waals surface area contributed by atoms with Crippen LogP contribution in [0.15, 0.2) is 24.3 Å². The molecule has 0 unspecified atom stereocenters. The van der Waals surface area contributed by atoms with Gasteiger partial charge in [0.1, 0.15) is 5.82 Å². The van der Waals surface area contributed by atoms with Crippen molar-refractivity contribution in [2.45, 2.75) is 39.5 Å². The summed E-state index contributed by atoms with van der Waals surface area (Å²) in [5, 5.41) is 12.0. The number of carbonyl (C=O) groups excluding carboxylic acids is 1. The first-order chi connectivity index (χ1) is 9.95. The monoisotopic (exact) mass is 295 g/mol. The Morgan fingerprint density at radius 2 is 1.86 bits per heavy atom. The fourth-order valence-electron chi connectivity index (χ4n) is 2.29. The highest BCUT2D eigenvalue weighted by Gasteiger charge is 2.36. The van der Waals surface area contributed by atoms with E-state index in [1.807, 2.05) is 0 Å². The molecule has 0 atom stereocenters. The average Bonchev–Trinajstić information content (AvgIpc) is 2.46. The van der Waals surface area contributed by atoms with Crippen molar-refractivity contribution in [1.82, 2.24) is 5.32 Å². The number of hydrogen-bond acceptors (Lipinski definition) is 2. The highest BCUT2D eigenvalue weighted by atomic mass is 19.1. The van der Waals surface area contributed by atoms with E-state index in [0.29, 0.717) is 31.4 Å². The van der Waals surface area contributed by atoms with Gasteiger partial charge in [-0.15, -0.1) is 0 Å². The van der Waals surface area contributed by atoms with Crippen LogP contribution in [0.25, 0.3) is 0 Å². The third-order valence-electron chi connectivity index (χ3n) is 3.98. The number of amides is 1. The number of halogens is 1. The summed E-state index contributed by atoms with van der Waals surface area (Å²) in [5.41, 5.74) is -0.476. The summed E-state index contributed by atoms with van der Waals surface area (Å²) in [6, 6.07) is 6.40. The summed E-state index contributed by atoms with van der Waals surface area (Å²) in [6.45, 7) is 3.83. The van der Waals surface area contributed by atoms with Crippen molar-refractivity contribution in [1.29, 1.82) is 0 Å². The number of carbonyl (C=O) groups is 2. The van der Waals surface area contributed by atoms with Gasteiger partial charge in [0, 0.05) is 13.0 Å².